The Morgan fingerprint density at radius 1 is 1.45 bits per heavy atom. The zero-order valence-electron chi connectivity index (χ0n) is 11.6. The Balaban J connectivity index is 2.34. The van der Waals surface area contributed by atoms with Crippen LogP contribution in [-0.4, -0.2) is 24.9 Å². The molecule has 0 spiro atoms. The first-order valence-corrected chi connectivity index (χ1v) is 7.04. The van der Waals surface area contributed by atoms with Crippen molar-refractivity contribution < 1.29 is 4.79 Å². The van der Waals surface area contributed by atoms with Crippen LogP contribution in [0.3, 0.4) is 0 Å². The van der Waals surface area contributed by atoms with Gasteiger partial charge in [-0.05, 0) is 19.1 Å². The highest BCUT2D eigenvalue weighted by atomic mass is 32.1. The molecular formula is C15H15N3OS. The standard InChI is InChI=1S/C15H15N3OS/c1-10-9-20-15(17-10)13(8-16)14(19)11-5-4-6-12(7-11)18(2)3/h4-7,9,13H,1-3H3. The zero-order chi connectivity index (χ0) is 14.7. The van der Waals surface area contributed by atoms with E-state index in [1.807, 2.05) is 43.4 Å². The van der Waals surface area contributed by atoms with Crippen molar-refractivity contribution in [2.75, 3.05) is 19.0 Å². The third kappa shape index (κ3) is 2.86. The topological polar surface area (TPSA) is 57.0 Å². The predicted molar refractivity (Wildman–Crippen MR) is 80.3 cm³/mol. The van der Waals surface area contributed by atoms with Crippen LogP contribution in [0.25, 0.3) is 0 Å². The lowest BCUT2D eigenvalue weighted by Crippen LogP contribution is -2.13. The van der Waals surface area contributed by atoms with Gasteiger partial charge in [0.2, 0.25) is 0 Å². The summed E-state index contributed by atoms with van der Waals surface area (Å²) in [5.74, 6) is -1.03. The molecule has 1 unspecified atom stereocenters. The maximum absolute atomic E-state index is 12.5. The van der Waals surface area contributed by atoms with Crippen molar-refractivity contribution in [2.24, 2.45) is 0 Å². The van der Waals surface area contributed by atoms with E-state index in [0.717, 1.165) is 11.4 Å². The van der Waals surface area contributed by atoms with Crippen LogP contribution in [-0.2, 0) is 0 Å². The Kier molecular flexibility index (Phi) is 4.16. The highest BCUT2D eigenvalue weighted by molar-refractivity contribution is 7.10. The molecule has 20 heavy (non-hydrogen) atoms. The fraction of sp³-hybridized carbons (Fsp3) is 0.267. The van der Waals surface area contributed by atoms with E-state index in [1.165, 1.54) is 11.3 Å². The van der Waals surface area contributed by atoms with Gasteiger partial charge in [-0.1, -0.05) is 12.1 Å². The molecular weight excluding hydrogens is 270 g/mol. The summed E-state index contributed by atoms with van der Waals surface area (Å²) >= 11 is 1.35. The van der Waals surface area contributed by atoms with Gasteiger partial charge in [-0.2, -0.15) is 5.26 Å². The molecule has 1 aromatic heterocycles. The van der Waals surface area contributed by atoms with Gasteiger partial charge >= 0.3 is 0 Å². The molecule has 0 aliphatic carbocycles. The van der Waals surface area contributed by atoms with Crippen LogP contribution in [0.2, 0.25) is 0 Å². The van der Waals surface area contributed by atoms with Crippen LogP contribution in [0, 0.1) is 18.3 Å². The number of aryl methyl sites for hydroxylation is 1. The Bertz CT molecular complexity index is 670. The molecule has 0 bridgehead atoms. The molecule has 0 aliphatic rings. The predicted octanol–water partition coefficient (Wildman–Crippen LogP) is 3.01. The number of anilines is 1. The van der Waals surface area contributed by atoms with Crippen LogP contribution in [0.5, 0.6) is 0 Å². The van der Waals surface area contributed by atoms with E-state index < -0.39 is 5.92 Å². The monoisotopic (exact) mass is 285 g/mol. The minimum absolute atomic E-state index is 0.203. The van der Waals surface area contributed by atoms with E-state index in [4.69, 9.17) is 0 Å². The number of ketones is 1. The first-order valence-electron chi connectivity index (χ1n) is 6.16. The number of thiazole rings is 1. The summed E-state index contributed by atoms with van der Waals surface area (Å²) in [5.41, 5.74) is 2.30. The van der Waals surface area contributed by atoms with E-state index in [-0.39, 0.29) is 5.78 Å². The molecule has 1 heterocycles. The zero-order valence-corrected chi connectivity index (χ0v) is 12.4. The van der Waals surface area contributed by atoms with Crippen molar-refractivity contribution in [1.82, 2.24) is 4.98 Å². The average molecular weight is 285 g/mol. The summed E-state index contributed by atoms with van der Waals surface area (Å²) in [4.78, 5) is 18.7. The molecule has 1 atom stereocenters. The maximum Gasteiger partial charge on any atom is 0.187 e. The number of nitriles is 1. The van der Waals surface area contributed by atoms with Gasteiger partial charge in [0.05, 0.1) is 6.07 Å². The van der Waals surface area contributed by atoms with Crippen LogP contribution in [0.15, 0.2) is 29.6 Å². The Labute approximate surface area is 122 Å². The normalized spacial score (nSPS) is 11.7. The Morgan fingerprint density at radius 2 is 2.20 bits per heavy atom. The van der Waals surface area contributed by atoms with Crippen molar-refractivity contribution in [1.29, 1.82) is 5.26 Å². The van der Waals surface area contributed by atoms with Crippen molar-refractivity contribution in [3.05, 3.63) is 45.9 Å². The van der Waals surface area contributed by atoms with Gasteiger partial charge in [0.15, 0.2) is 11.7 Å². The fourth-order valence-electron chi connectivity index (χ4n) is 1.83. The lowest BCUT2D eigenvalue weighted by atomic mass is 9.99. The lowest BCUT2D eigenvalue weighted by Gasteiger charge is -2.13. The van der Waals surface area contributed by atoms with Gasteiger partial charge in [0.25, 0.3) is 0 Å². The van der Waals surface area contributed by atoms with Gasteiger partial charge in [0.1, 0.15) is 5.01 Å². The summed E-state index contributed by atoms with van der Waals surface area (Å²) in [6, 6.07) is 9.34. The van der Waals surface area contributed by atoms with E-state index in [9.17, 15) is 10.1 Å². The van der Waals surface area contributed by atoms with Gasteiger partial charge < -0.3 is 4.90 Å². The molecule has 2 rings (SSSR count). The highest BCUT2D eigenvalue weighted by Gasteiger charge is 2.24. The molecule has 0 saturated heterocycles. The smallest absolute Gasteiger partial charge is 0.187 e. The molecule has 1 aromatic carbocycles. The van der Waals surface area contributed by atoms with Gasteiger partial charge in [0, 0.05) is 36.4 Å². The molecule has 0 radical (unpaired) electrons. The number of hydrogen-bond donors (Lipinski definition) is 0. The van der Waals surface area contributed by atoms with Gasteiger partial charge in [-0.15, -0.1) is 11.3 Å². The van der Waals surface area contributed by atoms with Crippen molar-refractivity contribution >= 4 is 22.8 Å². The number of Topliss-reactive ketones (excluding diaryl/α,β-unsaturated/α-hetero) is 1. The van der Waals surface area contributed by atoms with Crippen LogP contribution >= 0.6 is 11.3 Å². The van der Waals surface area contributed by atoms with E-state index >= 15 is 0 Å². The number of aromatic nitrogens is 1. The maximum atomic E-state index is 12.5. The Hall–Kier alpha value is -2.19. The second-order valence-corrected chi connectivity index (χ2v) is 5.59. The summed E-state index contributed by atoms with van der Waals surface area (Å²) in [5, 5.41) is 11.7. The SMILES string of the molecule is Cc1csc(C(C#N)C(=O)c2cccc(N(C)C)c2)n1. The molecule has 0 saturated carbocycles. The molecule has 0 aliphatic heterocycles. The third-order valence-corrected chi connectivity index (χ3v) is 3.95. The lowest BCUT2D eigenvalue weighted by molar-refractivity contribution is 0.0979. The van der Waals surface area contributed by atoms with Crippen molar-refractivity contribution in [3.8, 4) is 6.07 Å². The largest absolute Gasteiger partial charge is 0.378 e. The van der Waals surface area contributed by atoms with Crippen LogP contribution in [0.1, 0.15) is 27.0 Å². The summed E-state index contributed by atoms with van der Waals surface area (Å²) in [6.07, 6.45) is 0. The molecule has 102 valence electrons. The third-order valence-electron chi connectivity index (χ3n) is 2.92. The molecule has 0 fully saturated rings. The quantitative estimate of drug-likeness (QED) is 0.810. The number of carbonyl (C=O) groups is 1. The molecule has 0 amide bonds. The van der Waals surface area contributed by atoms with Crippen molar-refractivity contribution in [2.45, 2.75) is 12.8 Å². The van der Waals surface area contributed by atoms with E-state index in [1.54, 1.807) is 12.1 Å². The molecule has 5 heteroatoms. The summed E-state index contributed by atoms with van der Waals surface area (Å²) in [6.45, 7) is 1.85. The second kappa shape index (κ2) is 5.85. The minimum Gasteiger partial charge on any atom is -0.378 e. The van der Waals surface area contributed by atoms with E-state index in [0.29, 0.717) is 10.6 Å². The molecule has 0 N–H and O–H groups in total. The number of hydrogen-bond acceptors (Lipinski definition) is 5. The fourth-order valence-corrected chi connectivity index (χ4v) is 2.67. The second-order valence-electron chi connectivity index (χ2n) is 4.70. The van der Waals surface area contributed by atoms with Crippen molar-refractivity contribution in [3.63, 3.8) is 0 Å². The average Bonchev–Trinajstić information content (AvgIpc) is 2.86. The Morgan fingerprint density at radius 3 is 2.75 bits per heavy atom. The van der Waals surface area contributed by atoms with Crippen LogP contribution < -0.4 is 4.90 Å². The van der Waals surface area contributed by atoms with Gasteiger partial charge in [-0.3, -0.25) is 4.79 Å². The minimum atomic E-state index is -0.828. The first-order chi connectivity index (χ1) is 9.52. The highest BCUT2D eigenvalue weighted by Crippen LogP contribution is 2.25. The van der Waals surface area contributed by atoms with Gasteiger partial charge in [-0.25, -0.2) is 4.98 Å². The summed E-state index contributed by atoms with van der Waals surface area (Å²) < 4.78 is 0. The number of carbonyl (C=O) groups excluding carboxylic acids is 1. The molecule has 2 aromatic rings. The van der Waals surface area contributed by atoms with E-state index in [2.05, 4.69) is 11.1 Å². The number of benzene rings is 1. The number of nitrogens with zero attached hydrogens (tertiary/aromatic N) is 3. The first kappa shape index (κ1) is 14.2. The van der Waals surface area contributed by atoms with Crippen LogP contribution in [0.4, 0.5) is 5.69 Å². The molecule has 4 nitrogen and oxygen atoms in total. The number of rotatable bonds is 4. The summed E-state index contributed by atoms with van der Waals surface area (Å²) in [7, 11) is 3.82.